The molecule has 2 aromatic rings. The lowest BCUT2D eigenvalue weighted by atomic mass is 9.93. The van der Waals surface area contributed by atoms with E-state index in [2.05, 4.69) is 15.2 Å². The number of halogens is 2. The molecule has 21 heteroatoms. The fraction of sp³-hybridized carbons (Fsp3) is 0.610. The zero-order chi connectivity index (χ0) is 44.8. The van der Waals surface area contributed by atoms with E-state index in [1.165, 1.54) is 12.3 Å². The molecular formula is C41H55F2N9O10. The molecule has 1 aliphatic carbocycles. The molecule has 1 aromatic heterocycles. The number of amides is 2. The summed E-state index contributed by atoms with van der Waals surface area (Å²) in [5.41, 5.74) is 0.738. The first-order chi connectivity index (χ1) is 29.6. The van der Waals surface area contributed by atoms with Crippen molar-refractivity contribution in [3.63, 3.8) is 0 Å². The maximum absolute atomic E-state index is 13.9. The normalized spacial score (nSPS) is 21.3. The molecule has 0 radical (unpaired) electrons. The molecule has 19 nitrogen and oxygen atoms in total. The zero-order valence-electron chi connectivity index (χ0n) is 34.6. The molecule has 3 heterocycles. The number of ether oxygens (including phenoxy) is 1. The van der Waals surface area contributed by atoms with Gasteiger partial charge in [-0.2, -0.15) is 5.26 Å². The Hall–Kier alpha value is -5.40. The van der Waals surface area contributed by atoms with Gasteiger partial charge < -0.3 is 30.3 Å². The van der Waals surface area contributed by atoms with E-state index in [0.29, 0.717) is 102 Å². The molecule has 5 rings (SSSR count). The number of aromatic nitrogens is 1. The lowest BCUT2D eigenvalue weighted by molar-refractivity contribution is -0.141. The molecule has 2 amide bonds. The summed E-state index contributed by atoms with van der Waals surface area (Å²) in [5, 5.41) is 40.6. The predicted octanol–water partition coefficient (Wildman–Crippen LogP) is 0.107. The van der Waals surface area contributed by atoms with Gasteiger partial charge in [-0.3, -0.25) is 58.3 Å². The van der Waals surface area contributed by atoms with Gasteiger partial charge in [0, 0.05) is 115 Å². The van der Waals surface area contributed by atoms with Gasteiger partial charge >= 0.3 is 17.9 Å². The second-order valence-corrected chi connectivity index (χ2v) is 16.0. The number of carboxylic acid groups (broad SMARTS) is 3. The highest BCUT2D eigenvalue weighted by molar-refractivity contribution is 6.07. The van der Waals surface area contributed by atoms with Crippen LogP contribution in [0.15, 0.2) is 30.5 Å². The third-order valence-electron chi connectivity index (χ3n) is 11.5. The minimum absolute atomic E-state index is 0.0777. The Bertz CT molecular complexity index is 1930. The van der Waals surface area contributed by atoms with Crippen molar-refractivity contribution in [1.82, 2.24) is 39.7 Å². The molecule has 2 atom stereocenters. The van der Waals surface area contributed by atoms with Gasteiger partial charge in [-0.25, -0.2) is 8.78 Å². The van der Waals surface area contributed by atoms with Crippen LogP contribution in [-0.4, -0.2) is 216 Å². The van der Waals surface area contributed by atoms with E-state index in [9.17, 15) is 58.1 Å². The third-order valence-corrected chi connectivity index (χ3v) is 11.5. The predicted molar refractivity (Wildman–Crippen MR) is 218 cm³/mol. The molecule has 0 bridgehead atoms. The summed E-state index contributed by atoms with van der Waals surface area (Å²) in [6, 6.07) is 8.39. The van der Waals surface area contributed by atoms with Crippen LogP contribution in [0.4, 0.5) is 8.78 Å². The van der Waals surface area contributed by atoms with Crippen molar-refractivity contribution in [2.24, 2.45) is 11.8 Å². The fourth-order valence-electron chi connectivity index (χ4n) is 8.07. The Morgan fingerprint density at radius 3 is 1.82 bits per heavy atom. The maximum atomic E-state index is 13.9. The van der Waals surface area contributed by atoms with E-state index in [0.717, 1.165) is 0 Å². The number of carbonyl (C=O) groups is 6. The van der Waals surface area contributed by atoms with Gasteiger partial charge in [-0.1, -0.05) is 0 Å². The Labute approximate surface area is 357 Å². The number of rotatable bonds is 17. The number of piperazine rings is 1. The summed E-state index contributed by atoms with van der Waals surface area (Å²) >= 11 is 0. The van der Waals surface area contributed by atoms with E-state index in [1.807, 2.05) is 4.90 Å². The minimum Gasteiger partial charge on any atom is -0.494 e. The number of nitrogens with one attached hydrogen (secondary N) is 1. The summed E-state index contributed by atoms with van der Waals surface area (Å²) in [4.78, 5) is 89.4. The zero-order valence-corrected chi connectivity index (χ0v) is 34.6. The Balaban J connectivity index is 1.08. The first kappa shape index (κ1) is 47.6. The molecule has 2 aliphatic heterocycles. The van der Waals surface area contributed by atoms with Crippen molar-refractivity contribution in [2.45, 2.75) is 25.2 Å². The second-order valence-electron chi connectivity index (χ2n) is 16.0. The van der Waals surface area contributed by atoms with Crippen molar-refractivity contribution in [3.05, 3.63) is 36.0 Å². The van der Waals surface area contributed by atoms with Gasteiger partial charge in [0.1, 0.15) is 5.75 Å². The van der Waals surface area contributed by atoms with Crippen LogP contribution >= 0.6 is 0 Å². The van der Waals surface area contributed by atoms with Crippen molar-refractivity contribution >= 4 is 46.4 Å². The number of nitriles is 1. The number of carboxylic acids is 3. The van der Waals surface area contributed by atoms with Crippen LogP contribution in [0.3, 0.4) is 0 Å². The van der Waals surface area contributed by atoms with Crippen LogP contribution in [0.25, 0.3) is 10.9 Å². The minimum atomic E-state index is -3.10. The van der Waals surface area contributed by atoms with Gasteiger partial charge in [0.25, 0.3) is 5.91 Å². The van der Waals surface area contributed by atoms with E-state index in [1.54, 1.807) is 43.9 Å². The van der Waals surface area contributed by atoms with Gasteiger partial charge in [0.2, 0.25) is 11.8 Å². The summed E-state index contributed by atoms with van der Waals surface area (Å²) in [5.74, 6) is -9.21. The lowest BCUT2D eigenvalue weighted by Gasteiger charge is -2.37. The topological polar surface area (TPSA) is 240 Å². The Morgan fingerprint density at radius 2 is 1.29 bits per heavy atom. The number of Topliss-reactive ketones (excluding diaryl/α,β-unsaturated/α-hetero) is 1. The molecule has 62 heavy (non-hydrogen) atoms. The van der Waals surface area contributed by atoms with Crippen molar-refractivity contribution in [1.29, 1.82) is 5.26 Å². The average Bonchev–Trinajstić information content (AvgIpc) is 3.55. The smallest absolute Gasteiger partial charge is 0.317 e. The molecule has 338 valence electrons. The number of benzene rings is 1. The number of hydrogen-bond acceptors (Lipinski definition) is 14. The van der Waals surface area contributed by atoms with Crippen molar-refractivity contribution < 1.29 is 57.6 Å². The molecular weight excluding hydrogens is 816 g/mol. The van der Waals surface area contributed by atoms with Gasteiger partial charge in [-0.15, -0.1) is 0 Å². The molecule has 2 saturated heterocycles. The molecule has 1 unspecified atom stereocenters. The fourth-order valence-corrected chi connectivity index (χ4v) is 8.07. The van der Waals surface area contributed by atoms with Crippen LogP contribution in [0, 0.1) is 23.2 Å². The first-order valence-electron chi connectivity index (χ1n) is 20.7. The number of aliphatic carboxylic acids is 3. The highest BCUT2D eigenvalue weighted by atomic mass is 19.3. The molecule has 1 saturated carbocycles. The quantitative estimate of drug-likeness (QED) is 0.154. The van der Waals surface area contributed by atoms with Crippen molar-refractivity contribution in [2.75, 3.05) is 124 Å². The van der Waals surface area contributed by atoms with E-state index >= 15 is 0 Å². The number of fused-ring (bicyclic) bond motifs is 1. The van der Waals surface area contributed by atoms with Crippen molar-refractivity contribution in [3.8, 4) is 11.8 Å². The molecule has 0 spiro atoms. The summed E-state index contributed by atoms with van der Waals surface area (Å²) in [7, 11) is 0. The van der Waals surface area contributed by atoms with Crippen LogP contribution in [0.5, 0.6) is 5.75 Å². The first-order valence-corrected chi connectivity index (χ1v) is 20.7. The second kappa shape index (κ2) is 22.6. The third kappa shape index (κ3) is 14.6. The number of pyridine rings is 1. The number of nitrogens with zero attached hydrogens (tertiary/aromatic N) is 8. The molecule has 1 aromatic carbocycles. The van der Waals surface area contributed by atoms with E-state index in [-0.39, 0.29) is 50.7 Å². The maximum Gasteiger partial charge on any atom is 0.317 e. The van der Waals surface area contributed by atoms with Crippen LogP contribution in [-0.2, 0) is 24.0 Å². The molecule has 3 aliphatic rings. The highest BCUT2D eigenvalue weighted by Gasteiger charge is 2.49. The van der Waals surface area contributed by atoms with Crippen LogP contribution in [0.1, 0.15) is 29.6 Å². The highest BCUT2D eigenvalue weighted by Crippen LogP contribution is 2.43. The van der Waals surface area contributed by atoms with Gasteiger partial charge in [0.05, 0.1) is 62.4 Å². The molecule has 4 N–H and O–H groups in total. The largest absolute Gasteiger partial charge is 0.494 e. The van der Waals surface area contributed by atoms with E-state index in [4.69, 9.17) is 4.74 Å². The Kier molecular flexibility index (Phi) is 17.4. The van der Waals surface area contributed by atoms with Gasteiger partial charge in [-0.05, 0) is 30.7 Å². The van der Waals surface area contributed by atoms with E-state index < -0.39 is 66.7 Å². The number of carbonyl (C=O) groups excluding carboxylic acids is 3. The average molecular weight is 872 g/mol. The van der Waals surface area contributed by atoms with Crippen LogP contribution in [0.2, 0.25) is 0 Å². The standard InChI is InChI=1S/C41H55F2N9O10/c42-41(43)21-29(23-44)33(22-41)35(53)24-46-40(61)31-4-5-45-34-3-2-30(20-32(31)34)62-19-1-6-47-15-17-52(18-16-47)36(54)25-48-7-9-49(26-37(55)56)11-13-51(28-39(59)60)14-12-50(10-8-48)27-38(57)58/h2-5,20,29,33H,1,6-19,21-22,24-28H2,(H,46,61)(H,55,56)(H,57,58)(H,59,60)/t29-,33?/m0/s1. The van der Waals surface area contributed by atoms with Crippen LogP contribution < -0.4 is 10.1 Å². The summed E-state index contributed by atoms with van der Waals surface area (Å²) < 4.78 is 33.7. The summed E-state index contributed by atoms with van der Waals surface area (Å²) in [6.45, 7) is 4.72. The number of hydrogen-bond donors (Lipinski definition) is 4. The monoisotopic (exact) mass is 871 g/mol. The lowest BCUT2D eigenvalue weighted by Crippen LogP contribution is -2.53. The number of alkyl halides is 2. The number of ketones is 1. The SMILES string of the molecule is N#C[C@@H]1CC(F)(F)CC1C(=O)CNC(=O)c1ccnc2ccc(OCCCN3CCN(C(=O)CN4CCN(CC(=O)O)CCN(CC(=O)O)CCN(CC(=O)O)CC4)CC3)cc12. The van der Waals surface area contributed by atoms with Gasteiger partial charge in [0.15, 0.2) is 5.78 Å². The Morgan fingerprint density at radius 1 is 0.758 bits per heavy atom. The summed E-state index contributed by atoms with van der Waals surface area (Å²) in [6.07, 6.45) is 0.727. The molecule has 3 fully saturated rings.